The molecule has 0 spiro atoms. The summed E-state index contributed by atoms with van der Waals surface area (Å²) in [4.78, 5) is 1.93. The van der Waals surface area contributed by atoms with Crippen LogP contribution in [0, 0.1) is 5.82 Å². The fourth-order valence-electron chi connectivity index (χ4n) is 2.49. The molecule has 0 unspecified atom stereocenters. The summed E-state index contributed by atoms with van der Waals surface area (Å²) in [7, 11) is -3.88. The van der Waals surface area contributed by atoms with E-state index in [0.717, 1.165) is 36.8 Å². The van der Waals surface area contributed by atoms with Crippen molar-refractivity contribution in [3.63, 3.8) is 0 Å². The van der Waals surface area contributed by atoms with Gasteiger partial charge in [-0.3, -0.25) is 4.90 Å². The van der Waals surface area contributed by atoms with Crippen molar-refractivity contribution in [2.24, 2.45) is 0 Å². The maximum atomic E-state index is 13.7. The molecule has 2 aromatic carbocycles. The fourth-order valence-corrected chi connectivity index (χ4v) is 3.57. The minimum absolute atomic E-state index is 0.133. The largest absolute Gasteiger partial charge is 0.300 e. The van der Waals surface area contributed by atoms with Crippen LogP contribution < -0.4 is 4.72 Å². The van der Waals surface area contributed by atoms with E-state index in [4.69, 9.17) is 0 Å². The van der Waals surface area contributed by atoms with Gasteiger partial charge in [0.15, 0.2) is 0 Å². The highest BCUT2D eigenvalue weighted by molar-refractivity contribution is 7.89. The Bertz CT molecular complexity index is 774. The van der Waals surface area contributed by atoms with Crippen LogP contribution in [0.5, 0.6) is 0 Å². The molecule has 0 saturated carbocycles. The minimum atomic E-state index is -3.88. The number of nitrogens with one attached hydrogen (secondary N) is 1. The molecule has 1 N–H and O–H groups in total. The molecule has 6 heteroatoms. The van der Waals surface area contributed by atoms with E-state index in [0.29, 0.717) is 0 Å². The van der Waals surface area contributed by atoms with Crippen LogP contribution in [0.2, 0.25) is 0 Å². The first-order chi connectivity index (χ1) is 11.5. The molecule has 0 radical (unpaired) electrons. The van der Waals surface area contributed by atoms with Gasteiger partial charge in [0, 0.05) is 13.1 Å². The van der Waals surface area contributed by atoms with Gasteiger partial charge in [0.05, 0.1) is 0 Å². The minimum Gasteiger partial charge on any atom is -0.300 e. The van der Waals surface area contributed by atoms with Crippen molar-refractivity contribution < 1.29 is 12.8 Å². The topological polar surface area (TPSA) is 49.4 Å². The van der Waals surface area contributed by atoms with Crippen molar-refractivity contribution >= 4 is 10.0 Å². The molecule has 0 atom stereocenters. The lowest BCUT2D eigenvalue weighted by Gasteiger charge is -2.20. The van der Waals surface area contributed by atoms with Crippen LogP contribution in [-0.4, -0.2) is 26.4 Å². The third-order valence-electron chi connectivity index (χ3n) is 3.99. The van der Waals surface area contributed by atoms with Crippen LogP contribution in [0.15, 0.2) is 53.4 Å². The maximum Gasteiger partial charge on any atom is 0.243 e. The normalized spacial score (nSPS) is 11.8. The number of rotatable bonds is 8. The van der Waals surface area contributed by atoms with Crippen LogP contribution in [0.4, 0.5) is 4.39 Å². The second kappa shape index (κ2) is 8.37. The summed E-state index contributed by atoms with van der Waals surface area (Å²) >= 11 is 0. The zero-order valence-corrected chi connectivity index (χ0v) is 14.8. The van der Waals surface area contributed by atoms with E-state index < -0.39 is 15.8 Å². The Kier molecular flexibility index (Phi) is 6.48. The lowest BCUT2D eigenvalue weighted by molar-refractivity contribution is 0.295. The quantitative estimate of drug-likeness (QED) is 0.796. The van der Waals surface area contributed by atoms with Crippen LogP contribution in [0.3, 0.4) is 0 Å². The van der Waals surface area contributed by atoms with Gasteiger partial charge in [0.1, 0.15) is 10.7 Å². The SMILES string of the molecule is CCN(CC)Cc1ccccc1CNS(=O)(=O)c1ccccc1F. The van der Waals surface area contributed by atoms with Gasteiger partial charge >= 0.3 is 0 Å². The molecule has 0 aromatic heterocycles. The summed E-state index contributed by atoms with van der Waals surface area (Å²) in [6.45, 7) is 6.91. The van der Waals surface area contributed by atoms with Crippen LogP contribution >= 0.6 is 0 Å². The molecular weight excluding hydrogens is 327 g/mol. The summed E-state index contributed by atoms with van der Waals surface area (Å²) < 4.78 is 40.8. The molecule has 2 rings (SSSR count). The molecule has 0 fully saturated rings. The number of hydrogen-bond acceptors (Lipinski definition) is 3. The third kappa shape index (κ3) is 4.63. The Morgan fingerprint density at radius 1 is 0.958 bits per heavy atom. The Morgan fingerprint density at radius 3 is 2.17 bits per heavy atom. The van der Waals surface area contributed by atoms with Crippen LogP contribution in [0.1, 0.15) is 25.0 Å². The molecule has 0 aliphatic rings. The summed E-state index contributed by atoms with van der Waals surface area (Å²) in [6.07, 6.45) is 0. The van der Waals surface area contributed by atoms with E-state index in [1.807, 2.05) is 24.3 Å². The molecule has 24 heavy (non-hydrogen) atoms. The van der Waals surface area contributed by atoms with Gasteiger partial charge in [0.25, 0.3) is 0 Å². The van der Waals surface area contributed by atoms with Crippen molar-refractivity contribution in [1.29, 1.82) is 0 Å². The predicted octanol–water partition coefficient (Wildman–Crippen LogP) is 3.15. The first kappa shape index (κ1) is 18.6. The smallest absolute Gasteiger partial charge is 0.243 e. The Balaban J connectivity index is 2.16. The monoisotopic (exact) mass is 350 g/mol. The zero-order valence-electron chi connectivity index (χ0n) is 14.0. The van der Waals surface area contributed by atoms with Crippen molar-refractivity contribution in [3.05, 3.63) is 65.5 Å². The second-order valence-electron chi connectivity index (χ2n) is 5.49. The summed E-state index contributed by atoms with van der Waals surface area (Å²) in [5.41, 5.74) is 1.96. The average Bonchev–Trinajstić information content (AvgIpc) is 2.59. The maximum absolute atomic E-state index is 13.7. The Morgan fingerprint density at radius 2 is 1.54 bits per heavy atom. The van der Waals surface area contributed by atoms with Crippen LogP contribution in [-0.2, 0) is 23.1 Å². The first-order valence-corrected chi connectivity index (χ1v) is 9.49. The number of halogens is 1. The molecule has 0 aliphatic carbocycles. The van der Waals surface area contributed by atoms with Gasteiger partial charge in [-0.15, -0.1) is 0 Å². The number of nitrogens with zero attached hydrogens (tertiary/aromatic N) is 1. The van der Waals surface area contributed by atoms with Gasteiger partial charge in [-0.05, 0) is 36.3 Å². The number of benzene rings is 2. The van der Waals surface area contributed by atoms with Gasteiger partial charge in [-0.25, -0.2) is 17.5 Å². The highest BCUT2D eigenvalue weighted by atomic mass is 32.2. The highest BCUT2D eigenvalue weighted by Crippen LogP contribution is 2.16. The van der Waals surface area contributed by atoms with Crippen molar-refractivity contribution in [2.45, 2.75) is 31.8 Å². The van der Waals surface area contributed by atoms with Gasteiger partial charge in [0.2, 0.25) is 10.0 Å². The van der Waals surface area contributed by atoms with Gasteiger partial charge < -0.3 is 0 Å². The fraction of sp³-hybridized carbons (Fsp3) is 0.333. The van der Waals surface area contributed by atoms with E-state index in [1.165, 1.54) is 18.2 Å². The van der Waals surface area contributed by atoms with Gasteiger partial charge in [-0.2, -0.15) is 0 Å². The van der Waals surface area contributed by atoms with E-state index in [1.54, 1.807) is 0 Å². The molecular formula is C18H23FN2O2S. The molecule has 4 nitrogen and oxygen atoms in total. The Hall–Kier alpha value is -1.76. The van der Waals surface area contributed by atoms with Crippen molar-refractivity contribution in [3.8, 4) is 0 Å². The lowest BCUT2D eigenvalue weighted by Crippen LogP contribution is -2.26. The highest BCUT2D eigenvalue weighted by Gasteiger charge is 2.18. The standard InChI is InChI=1S/C18H23FN2O2S/c1-3-21(4-2)14-16-10-6-5-9-15(16)13-20-24(22,23)18-12-8-7-11-17(18)19/h5-12,20H,3-4,13-14H2,1-2H3. The van der Waals surface area contributed by atoms with Crippen LogP contribution in [0.25, 0.3) is 0 Å². The second-order valence-corrected chi connectivity index (χ2v) is 7.22. The molecule has 0 bridgehead atoms. The number of hydrogen-bond donors (Lipinski definition) is 1. The molecule has 0 heterocycles. The molecule has 0 aliphatic heterocycles. The van der Waals surface area contributed by atoms with E-state index in [9.17, 15) is 12.8 Å². The molecule has 0 amide bonds. The first-order valence-electron chi connectivity index (χ1n) is 8.01. The van der Waals surface area contributed by atoms with E-state index >= 15 is 0 Å². The summed E-state index contributed by atoms with van der Waals surface area (Å²) in [6, 6.07) is 13.1. The molecule has 2 aromatic rings. The van der Waals surface area contributed by atoms with Gasteiger partial charge in [-0.1, -0.05) is 50.2 Å². The van der Waals surface area contributed by atoms with E-state index in [-0.39, 0.29) is 11.4 Å². The van der Waals surface area contributed by atoms with Crippen molar-refractivity contribution in [1.82, 2.24) is 9.62 Å². The third-order valence-corrected chi connectivity index (χ3v) is 5.42. The average molecular weight is 350 g/mol. The zero-order chi connectivity index (χ0) is 17.6. The molecule has 130 valence electrons. The summed E-state index contributed by atoms with van der Waals surface area (Å²) in [5, 5.41) is 0. The van der Waals surface area contributed by atoms with Crippen molar-refractivity contribution in [2.75, 3.05) is 13.1 Å². The van der Waals surface area contributed by atoms with E-state index in [2.05, 4.69) is 23.5 Å². The summed E-state index contributed by atoms with van der Waals surface area (Å²) in [5.74, 6) is -0.749. The predicted molar refractivity (Wildman–Crippen MR) is 93.5 cm³/mol. The molecule has 0 saturated heterocycles. The lowest BCUT2D eigenvalue weighted by atomic mass is 10.1. The Labute approximate surface area is 143 Å². The number of sulfonamides is 1.